The third kappa shape index (κ3) is 3.33. The Morgan fingerprint density at radius 2 is 1.85 bits per heavy atom. The van der Waals surface area contributed by atoms with Gasteiger partial charge < -0.3 is 4.74 Å². The molecule has 0 saturated carbocycles. The van der Waals surface area contributed by atoms with Gasteiger partial charge in [-0.2, -0.15) is 0 Å². The molecule has 1 heterocycles. The van der Waals surface area contributed by atoms with Gasteiger partial charge in [0.25, 0.3) is 0 Å². The zero-order chi connectivity index (χ0) is 18.9. The average Bonchev–Trinajstić information content (AvgIpc) is 2.63. The molecular weight excluding hydrogens is 380 g/mol. The topological polar surface area (TPSA) is 99.2 Å². The van der Waals surface area contributed by atoms with Crippen LogP contribution in [-0.2, 0) is 9.84 Å². The van der Waals surface area contributed by atoms with E-state index in [0.717, 1.165) is 0 Å². The van der Waals surface area contributed by atoms with Crippen molar-refractivity contribution in [2.75, 3.05) is 5.75 Å². The molecule has 1 N–H and O–H groups in total. The number of hydrogen-bond donors (Lipinski definition) is 1. The van der Waals surface area contributed by atoms with Gasteiger partial charge in [-0.1, -0.05) is 47.9 Å². The van der Waals surface area contributed by atoms with Crippen molar-refractivity contribution in [3.63, 3.8) is 0 Å². The lowest BCUT2D eigenvalue weighted by Gasteiger charge is -2.05. The quantitative estimate of drug-likeness (QED) is 0.542. The second kappa shape index (κ2) is 6.89. The van der Waals surface area contributed by atoms with Crippen LogP contribution in [0, 0.1) is 4.91 Å². The van der Waals surface area contributed by atoms with E-state index < -0.39 is 15.8 Å². The molecule has 26 heavy (non-hydrogen) atoms. The summed E-state index contributed by atoms with van der Waals surface area (Å²) in [7, 11) is -3.68. The standard InChI is InChI=1S/C17H14ClN2O5S/c1-2-26(23,24)15-13-8-3-4-9-14(13)16(20(22)19-15)25-17(21)11-6-5-7-12(18)10-11/h3-10H,2H2,1H3,(H,19,22)/q+1. The summed E-state index contributed by atoms with van der Waals surface area (Å²) in [6, 6.07) is 12.3. The maximum atomic E-state index is 12.3. The third-order valence-corrected chi connectivity index (χ3v) is 5.66. The van der Waals surface area contributed by atoms with Crippen LogP contribution in [0.2, 0.25) is 5.02 Å². The van der Waals surface area contributed by atoms with Crippen molar-refractivity contribution in [1.82, 2.24) is 5.10 Å². The minimum Gasteiger partial charge on any atom is -0.361 e. The van der Waals surface area contributed by atoms with Crippen molar-refractivity contribution in [1.29, 1.82) is 0 Å². The number of hydrogen-bond acceptors (Lipinski definition) is 5. The van der Waals surface area contributed by atoms with Crippen LogP contribution >= 0.6 is 11.6 Å². The van der Waals surface area contributed by atoms with Crippen LogP contribution in [0.25, 0.3) is 10.8 Å². The maximum absolute atomic E-state index is 12.3. The van der Waals surface area contributed by atoms with Crippen molar-refractivity contribution < 1.29 is 22.5 Å². The summed E-state index contributed by atoms with van der Waals surface area (Å²) in [6.07, 6.45) is 0. The minimum absolute atomic E-state index is 0.132. The lowest BCUT2D eigenvalue weighted by Crippen LogP contribution is -2.28. The molecule has 2 aromatic carbocycles. The molecule has 0 amide bonds. The first-order chi connectivity index (χ1) is 12.3. The normalized spacial score (nSPS) is 11.5. The van der Waals surface area contributed by atoms with Crippen LogP contribution in [-0.4, -0.2) is 25.2 Å². The number of nitrogens with one attached hydrogen (secondary N) is 1. The monoisotopic (exact) mass is 393 g/mol. The van der Waals surface area contributed by atoms with Crippen molar-refractivity contribution in [2.45, 2.75) is 11.9 Å². The molecule has 3 aromatic rings. The van der Waals surface area contributed by atoms with Gasteiger partial charge in [-0.15, -0.1) is 0 Å². The number of benzene rings is 2. The van der Waals surface area contributed by atoms with Gasteiger partial charge in [0, 0.05) is 10.4 Å². The Kier molecular flexibility index (Phi) is 4.80. The van der Waals surface area contributed by atoms with Crippen molar-refractivity contribution >= 4 is 38.2 Å². The van der Waals surface area contributed by atoms with Crippen LogP contribution < -0.4 is 9.28 Å². The number of rotatable bonds is 4. The molecule has 3 rings (SSSR count). The summed E-state index contributed by atoms with van der Waals surface area (Å²) in [5, 5.41) is 2.82. The van der Waals surface area contributed by atoms with Crippen LogP contribution in [0.3, 0.4) is 0 Å². The first-order valence-electron chi connectivity index (χ1n) is 7.61. The van der Waals surface area contributed by atoms with Gasteiger partial charge in [-0.25, -0.2) is 13.2 Å². The Labute approximate surface area is 153 Å². The number of aromatic amines is 1. The minimum atomic E-state index is -3.68. The zero-order valence-electron chi connectivity index (χ0n) is 13.6. The van der Waals surface area contributed by atoms with E-state index in [1.54, 1.807) is 24.3 Å². The Morgan fingerprint density at radius 3 is 2.50 bits per heavy atom. The lowest BCUT2D eigenvalue weighted by molar-refractivity contribution is -0.572. The summed E-state index contributed by atoms with van der Waals surface area (Å²) >= 11 is 5.86. The highest BCUT2D eigenvalue weighted by Gasteiger charge is 2.28. The van der Waals surface area contributed by atoms with Crippen molar-refractivity contribution in [3.8, 4) is 5.88 Å². The van der Waals surface area contributed by atoms with Crippen molar-refractivity contribution in [3.05, 3.63) is 64.0 Å². The molecular formula is C17H14ClN2O5S+. The number of halogens is 1. The molecule has 0 spiro atoms. The van der Waals surface area contributed by atoms with Crippen LogP contribution in [0.4, 0.5) is 0 Å². The fourth-order valence-electron chi connectivity index (χ4n) is 2.42. The van der Waals surface area contributed by atoms with E-state index in [0.29, 0.717) is 5.02 Å². The summed E-state index contributed by atoms with van der Waals surface area (Å²) < 4.78 is 29.9. The van der Waals surface area contributed by atoms with Gasteiger partial charge >= 0.3 is 11.8 Å². The van der Waals surface area contributed by atoms with E-state index in [4.69, 9.17) is 16.3 Å². The summed E-state index contributed by atoms with van der Waals surface area (Å²) in [4.78, 5) is 24.7. The van der Waals surface area contributed by atoms with Gasteiger partial charge in [0.15, 0.2) is 9.84 Å². The number of carbonyl (C=O) groups excluding carboxylic acids is 1. The Bertz CT molecular complexity index is 1170. The second-order valence-corrected chi connectivity index (χ2v) is 8.04. The summed E-state index contributed by atoms with van der Waals surface area (Å²) in [6.45, 7) is 1.47. The highest BCUT2D eigenvalue weighted by molar-refractivity contribution is 7.91. The number of fused-ring (bicyclic) bond motifs is 1. The Hall–Kier alpha value is -2.71. The van der Waals surface area contributed by atoms with Gasteiger partial charge in [0.05, 0.1) is 16.2 Å². The van der Waals surface area contributed by atoms with Gasteiger partial charge in [0.2, 0.25) is 9.57 Å². The number of aromatic nitrogens is 2. The van der Waals surface area contributed by atoms with E-state index in [2.05, 4.69) is 5.10 Å². The number of H-pyrrole nitrogens is 1. The largest absolute Gasteiger partial charge is 0.465 e. The molecule has 9 heteroatoms. The highest BCUT2D eigenvalue weighted by Crippen LogP contribution is 2.26. The van der Waals surface area contributed by atoms with Crippen molar-refractivity contribution in [2.24, 2.45) is 0 Å². The molecule has 1 aromatic heterocycles. The van der Waals surface area contributed by atoms with Crippen LogP contribution in [0.15, 0.2) is 53.6 Å². The SMILES string of the molecule is CCS(=O)(=O)c1[nH][n+](=O)c(OC(=O)c2cccc(Cl)c2)c2ccccc12. The fourth-order valence-corrected chi connectivity index (χ4v) is 3.63. The van der Waals surface area contributed by atoms with E-state index in [1.807, 2.05) is 0 Å². The average molecular weight is 394 g/mol. The second-order valence-electron chi connectivity index (χ2n) is 5.39. The molecule has 0 unspecified atom stereocenters. The third-order valence-electron chi connectivity index (χ3n) is 3.73. The number of ether oxygens (including phenoxy) is 1. The van der Waals surface area contributed by atoms with Gasteiger partial charge in [-0.3, -0.25) is 0 Å². The smallest absolute Gasteiger partial charge is 0.361 e. The van der Waals surface area contributed by atoms with E-state index >= 15 is 0 Å². The molecule has 0 atom stereocenters. The number of esters is 1. The van der Waals surface area contributed by atoms with Gasteiger partial charge in [-0.05, 0) is 24.3 Å². The van der Waals surface area contributed by atoms with Crippen LogP contribution in [0.5, 0.6) is 5.88 Å². The Morgan fingerprint density at radius 1 is 1.15 bits per heavy atom. The number of sulfone groups is 1. The molecule has 7 nitrogen and oxygen atoms in total. The maximum Gasteiger partial charge on any atom is 0.465 e. The Balaban J connectivity index is 2.16. The van der Waals surface area contributed by atoms with E-state index in [9.17, 15) is 18.1 Å². The lowest BCUT2D eigenvalue weighted by atomic mass is 10.2. The highest BCUT2D eigenvalue weighted by atomic mass is 35.5. The predicted molar refractivity (Wildman–Crippen MR) is 95.8 cm³/mol. The molecule has 0 radical (unpaired) electrons. The molecule has 0 aliphatic heterocycles. The molecule has 0 saturated heterocycles. The summed E-state index contributed by atoms with van der Waals surface area (Å²) in [5.41, 5.74) is 0.159. The first-order valence-corrected chi connectivity index (χ1v) is 9.64. The molecule has 134 valence electrons. The zero-order valence-corrected chi connectivity index (χ0v) is 15.2. The fraction of sp³-hybridized carbons (Fsp3) is 0.118. The van der Waals surface area contributed by atoms with Gasteiger partial charge in [0.1, 0.15) is 5.39 Å². The number of nitrogens with zero attached hydrogens (tertiary/aromatic N) is 1. The molecule has 0 aliphatic rings. The van der Waals surface area contributed by atoms with Crippen LogP contribution in [0.1, 0.15) is 17.3 Å². The van der Waals surface area contributed by atoms with E-state index in [-0.39, 0.29) is 37.5 Å². The number of carbonyl (C=O) groups is 1. The predicted octanol–water partition coefficient (Wildman–Crippen LogP) is 2.75. The summed E-state index contributed by atoms with van der Waals surface area (Å²) in [5.74, 6) is -1.32. The first kappa shape index (κ1) is 18.1. The molecule has 0 bridgehead atoms. The van der Waals surface area contributed by atoms with E-state index in [1.165, 1.54) is 31.2 Å². The molecule has 0 aliphatic carbocycles. The molecule has 0 fully saturated rings.